The van der Waals surface area contributed by atoms with Gasteiger partial charge in [0.25, 0.3) is 0 Å². The maximum absolute atomic E-state index is 5.65. The van der Waals surface area contributed by atoms with Crippen LogP contribution in [0.25, 0.3) is 0 Å². The Morgan fingerprint density at radius 3 is 2.33 bits per heavy atom. The van der Waals surface area contributed by atoms with Crippen molar-refractivity contribution in [3.05, 3.63) is 29.8 Å². The van der Waals surface area contributed by atoms with E-state index < -0.39 is 0 Å². The molecule has 0 spiro atoms. The van der Waals surface area contributed by atoms with E-state index in [1.807, 2.05) is 0 Å². The molecule has 1 aliphatic rings. The summed E-state index contributed by atoms with van der Waals surface area (Å²) in [6.45, 7) is 9.80. The number of hydrogen-bond donors (Lipinski definition) is 1. The standard InChI is InChI=1S/C16H25NO/c1-11(2)18-16-7-5-14(6-8-16)13(4)17-10-15-9-12(15)3/h5-8,11-13,15,17H,9-10H2,1-4H3. The highest BCUT2D eigenvalue weighted by atomic mass is 16.5. The van der Waals surface area contributed by atoms with Gasteiger partial charge in [-0.2, -0.15) is 0 Å². The van der Waals surface area contributed by atoms with Crippen LogP contribution < -0.4 is 10.1 Å². The number of rotatable bonds is 6. The van der Waals surface area contributed by atoms with E-state index in [0.717, 1.165) is 24.1 Å². The molecule has 2 heteroatoms. The predicted molar refractivity (Wildman–Crippen MR) is 75.9 cm³/mol. The lowest BCUT2D eigenvalue weighted by atomic mass is 10.1. The molecule has 0 bridgehead atoms. The van der Waals surface area contributed by atoms with Crippen LogP contribution in [0.3, 0.4) is 0 Å². The van der Waals surface area contributed by atoms with Gasteiger partial charge >= 0.3 is 0 Å². The second-order valence-electron chi connectivity index (χ2n) is 5.84. The molecule has 1 aromatic rings. The summed E-state index contributed by atoms with van der Waals surface area (Å²) in [5.74, 6) is 2.78. The number of hydrogen-bond acceptors (Lipinski definition) is 2. The largest absolute Gasteiger partial charge is 0.491 e. The van der Waals surface area contributed by atoms with Crippen molar-refractivity contribution in [2.24, 2.45) is 11.8 Å². The fourth-order valence-corrected chi connectivity index (χ4v) is 2.24. The van der Waals surface area contributed by atoms with Crippen LogP contribution in [0.2, 0.25) is 0 Å². The molecule has 0 heterocycles. The Hall–Kier alpha value is -1.02. The van der Waals surface area contributed by atoms with E-state index in [0.29, 0.717) is 6.04 Å². The fourth-order valence-electron chi connectivity index (χ4n) is 2.24. The van der Waals surface area contributed by atoms with Gasteiger partial charge in [-0.25, -0.2) is 0 Å². The zero-order chi connectivity index (χ0) is 13.1. The van der Waals surface area contributed by atoms with Crippen molar-refractivity contribution in [1.29, 1.82) is 0 Å². The Balaban J connectivity index is 1.83. The van der Waals surface area contributed by atoms with Crippen LogP contribution >= 0.6 is 0 Å². The molecule has 0 aromatic heterocycles. The van der Waals surface area contributed by atoms with Crippen LogP contribution in [0.15, 0.2) is 24.3 Å². The van der Waals surface area contributed by atoms with Gasteiger partial charge < -0.3 is 10.1 Å². The summed E-state index contributed by atoms with van der Waals surface area (Å²) >= 11 is 0. The van der Waals surface area contributed by atoms with Crippen molar-refractivity contribution in [2.45, 2.75) is 46.3 Å². The van der Waals surface area contributed by atoms with Gasteiger partial charge in [0.05, 0.1) is 6.10 Å². The number of ether oxygens (including phenoxy) is 1. The van der Waals surface area contributed by atoms with Crippen molar-refractivity contribution in [1.82, 2.24) is 5.32 Å². The minimum Gasteiger partial charge on any atom is -0.491 e. The molecule has 18 heavy (non-hydrogen) atoms. The zero-order valence-electron chi connectivity index (χ0n) is 11.9. The molecule has 0 aliphatic heterocycles. The molecule has 1 aliphatic carbocycles. The number of benzene rings is 1. The van der Waals surface area contributed by atoms with E-state index in [9.17, 15) is 0 Å². The van der Waals surface area contributed by atoms with Crippen molar-refractivity contribution >= 4 is 0 Å². The lowest BCUT2D eigenvalue weighted by Gasteiger charge is -2.15. The topological polar surface area (TPSA) is 21.3 Å². The van der Waals surface area contributed by atoms with Crippen LogP contribution in [0.4, 0.5) is 0 Å². The van der Waals surface area contributed by atoms with Gasteiger partial charge in [0, 0.05) is 6.04 Å². The van der Waals surface area contributed by atoms with Crippen molar-refractivity contribution in [2.75, 3.05) is 6.54 Å². The van der Waals surface area contributed by atoms with E-state index >= 15 is 0 Å². The maximum Gasteiger partial charge on any atom is 0.119 e. The van der Waals surface area contributed by atoms with E-state index in [1.165, 1.54) is 12.0 Å². The highest BCUT2D eigenvalue weighted by Crippen LogP contribution is 2.37. The second-order valence-corrected chi connectivity index (χ2v) is 5.84. The molecule has 1 saturated carbocycles. The molecule has 0 saturated heterocycles. The molecule has 0 amide bonds. The first-order chi connectivity index (χ1) is 8.56. The highest BCUT2D eigenvalue weighted by molar-refractivity contribution is 5.29. The molecule has 100 valence electrons. The summed E-state index contributed by atoms with van der Waals surface area (Å²) in [6.07, 6.45) is 1.63. The normalized spacial score (nSPS) is 24.1. The minimum absolute atomic E-state index is 0.239. The van der Waals surface area contributed by atoms with Crippen LogP contribution in [-0.2, 0) is 0 Å². The van der Waals surface area contributed by atoms with Crippen LogP contribution in [0.1, 0.15) is 45.7 Å². The number of nitrogens with one attached hydrogen (secondary N) is 1. The summed E-state index contributed by atoms with van der Waals surface area (Å²) in [6, 6.07) is 8.86. The van der Waals surface area contributed by atoms with Gasteiger partial charge in [-0.3, -0.25) is 0 Å². The molecule has 2 nitrogen and oxygen atoms in total. The van der Waals surface area contributed by atoms with E-state index in [-0.39, 0.29) is 6.10 Å². The maximum atomic E-state index is 5.65. The summed E-state index contributed by atoms with van der Waals surface area (Å²) < 4.78 is 5.65. The Bertz CT molecular complexity index is 371. The molecule has 1 aromatic carbocycles. The zero-order valence-corrected chi connectivity index (χ0v) is 11.9. The predicted octanol–water partition coefficient (Wildman–Crippen LogP) is 3.78. The summed E-state index contributed by atoms with van der Waals surface area (Å²) in [5.41, 5.74) is 1.33. The van der Waals surface area contributed by atoms with Crippen molar-refractivity contribution in [3.8, 4) is 5.75 Å². The van der Waals surface area contributed by atoms with E-state index in [1.54, 1.807) is 0 Å². The van der Waals surface area contributed by atoms with Crippen molar-refractivity contribution < 1.29 is 4.74 Å². The summed E-state index contributed by atoms with van der Waals surface area (Å²) in [5, 5.41) is 3.61. The van der Waals surface area contributed by atoms with E-state index in [2.05, 4.69) is 57.3 Å². The molecular weight excluding hydrogens is 222 g/mol. The first-order valence-electron chi connectivity index (χ1n) is 7.06. The van der Waals surface area contributed by atoms with Crippen LogP contribution in [0, 0.1) is 11.8 Å². The lowest BCUT2D eigenvalue weighted by molar-refractivity contribution is 0.242. The molecule has 1 fully saturated rings. The monoisotopic (exact) mass is 247 g/mol. The summed E-state index contributed by atoms with van der Waals surface area (Å²) in [7, 11) is 0. The molecule has 2 rings (SSSR count). The Kier molecular flexibility index (Phi) is 4.28. The Morgan fingerprint density at radius 2 is 1.83 bits per heavy atom. The van der Waals surface area contributed by atoms with Gasteiger partial charge in [-0.15, -0.1) is 0 Å². The molecule has 0 radical (unpaired) electrons. The molecule has 3 unspecified atom stereocenters. The van der Waals surface area contributed by atoms with Gasteiger partial charge in [0.15, 0.2) is 0 Å². The third-order valence-electron chi connectivity index (χ3n) is 3.71. The quantitative estimate of drug-likeness (QED) is 0.826. The first kappa shape index (κ1) is 13.4. The SMILES string of the molecule is CC(C)Oc1ccc(C(C)NCC2CC2C)cc1. The lowest BCUT2D eigenvalue weighted by Crippen LogP contribution is -2.21. The van der Waals surface area contributed by atoms with Gasteiger partial charge in [-0.05, 0) is 63.3 Å². The van der Waals surface area contributed by atoms with Crippen LogP contribution in [-0.4, -0.2) is 12.6 Å². The molecule has 3 atom stereocenters. The Morgan fingerprint density at radius 1 is 1.22 bits per heavy atom. The average molecular weight is 247 g/mol. The molecular formula is C16H25NO. The van der Waals surface area contributed by atoms with Crippen LogP contribution in [0.5, 0.6) is 5.75 Å². The van der Waals surface area contributed by atoms with E-state index in [4.69, 9.17) is 4.74 Å². The Labute approximate surface area is 111 Å². The summed E-state index contributed by atoms with van der Waals surface area (Å²) in [4.78, 5) is 0. The van der Waals surface area contributed by atoms with Gasteiger partial charge in [0.1, 0.15) is 5.75 Å². The third kappa shape index (κ3) is 3.74. The van der Waals surface area contributed by atoms with Gasteiger partial charge in [0.2, 0.25) is 0 Å². The highest BCUT2D eigenvalue weighted by Gasteiger charge is 2.32. The minimum atomic E-state index is 0.239. The average Bonchev–Trinajstić information content (AvgIpc) is 3.02. The van der Waals surface area contributed by atoms with Gasteiger partial charge in [-0.1, -0.05) is 19.1 Å². The van der Waals surface area contributed by atoms with Crippen molar-refractivity contribution in [3.63, 3.8) is 0 Å². The third-order valence-corrected chi connectivity index (χ3v) is 3.71. The fraction of sp³-hybridized carbons (Fsp3) is 0.625. The smallest absolute Gasteiger partial charge is 0.119 e. The second kappa shape index (κ2) is 5.75. The first-order valence-corrected chi connectivity index (χ1v) is 7.06. The molecule has 1 N–H and O–H groups in total.